The number of benzene rings is 1. The van der Waals surface area contributed by atoms with E-state index in [0.717, 1.165) is 35.3 Å². The Morgan fingerprint density at radius 2 is 1.97 bits per heavy atom. The van der Waals surface area contributed by atoms with Crippen molar-refractivity contribution in [3.63, 3.8) is 0 Å². The number of carbonyl (C=O) groups is 1. The topological polar surface area (TPSA) is 64.0 Å². The summed E-state index contributed by atoms with van der Waals surface area (Å²) >= 11 is 3.05. The van der Waals surface area contributed by atoms with Crippen LogP contribution in [0.15, 0.2) is 64.3 Å². The van der Waals surface area contributed by atoms with Crippen LogP contribution < -0.4 is 10.9 Å². The van der Waals surface area contributed by atoms with Crippen LogP contribution >= 0.6 is 22.7 Å². The minimum absolute atomic E-state index is 0.0317. The lowest BCUT2D eigenvalue weighted by Crippen LogP contribution is -2.52. The van der Waals surface area contributed by atoms with Crippen LogP contribution in [0.25, 0.3) is 20.7 Å². The summed E-state index contributed by atoms with van der Waals surface area (Å²) in [6, 6.07) is 14.0. The van der Waals surface area contributed by atoms with Gasteiger partial charge in [0.1, 0.15) is 11.4 Å². The first kappa shape index (κ1) is 18.3. The van der Waals surface area contributed by atoms with Crippen molar-refractivity contribution in [3.05, 3.63) is 75.5 Å². The Labute approximate surface area is 175 Å². The van der Waals surface area contributed by atoms with Gasteiger partial charge in [-0.15, -0.1) is 22.7 Å². The molecular weight excluding hydrogens is 402 g/mol. The average Bonchev–Trinajstić information content (AvgIpc) is 3.37. The lowest BCUT2D eigenvalue weighted by molar-refractivity contribution is -0.125. The zero-order valence-electron chi connectivity index (χ0n) is 15.6. The van der Waals surface area contributed by atoms with Crippen molar-refractivity contribution in [2.75, 3.05) is 0 Å². The Morgan fingerprint density at radius 1 is 1.14 bits per heavy atom. The molecule has 0 unspecified atom stereocenters. The van der Waals surface area contributed by atoms with Crippen LogP contribution in [0.4, 0.5) is 0 Å². The molecule has 1 aliphatic rings. The second kappa shape index (κ2) is 7.24. The number of carbonyl (C=O) groups excluding carboxylic acids is 1. The summed E-state index contributed by atoms with van der Waals surface area (Å²) in [4.78, 5) is 32.1. The first-order chi connectivity index (χ1) is 14.2. The van der Waals surface area contributed by atoms with Crippen molar-refractivity contribution < 1.29 is 4.79 Å². The summed E-state index contributed by atoms with van der Waals surface area (Å²) in [5.41, 5.74) is 1.53. The van der Waals surface area contributed by atoms with Crippen molar-refractivity contribution in [1.82, 2.24) is 14.9 Å². The second-order valence-corrected chi connectivity index (χ2v) is 9.14. The second-order valence-electron chi connectivity index (χ2n) is 7.33. The smallest absolute Gasteiger partial charge is 0.263 e. The fourth-order valence-corrected chi connectivity index (χ4v) is 5.65. The lowest BCUT2D eigenvalue weighted by Gasteiger charge is -2.43. The molecule has 29 heavy (non-hydrogen) atoms. The van der Waals surface area contributed by atoms with E-state index in [1.807, 2.05) is 41.1 Å². The van der Waals surface area contributed by atoms with Gasteiger partial charge in [0, 0.05) is 15.8 Å². The molecule has 0 saturated heterocycles. The predicted molar refractivity (Wildman–Crippen MR) is 117 cm³/mol. The van der Waals surface area contributed by atoms with Gasteiger partial charge in [-0.3, -0.25) is 14.2 Å². The first-order valence-corrected chi connectivity index (χ1v) is 11.3. The Morgan fingerprint density at radius 3 is 2.66 bits per heavy atom. The van der Waals surface area contributed by atoms with E-state index < -0.39 is 0 Å². The van der Waals surface area contributed by atoms with Gasteiger partial charge < -0.3 is 5.32 Å². The van der Waals surface area contributed by atoms with Gasteiger partial charge in [-0.25, -0.2) is 4.98 Å². The maximum atomic E-state index is 13.1. The molecule has 0 aliphatic heterocycles. The SMILES string of the molecule is O=C(Cn1cnc2scc(-c3cccs3)c2c1=O)NC1(c2ccccc2)CCC1. The fourth-order valence-electron chi connectivity index (χ4n) is 3.93. The van der Waals surface area contributed by atoms with Gasteiger partial charge in [-0.1, -0.05) is 36.4 Å². The predicted octanol–water partition coefficient (Wildman–Crippen LogP) is 4.38. The van der Waals surface area contributed by atoms with Crippen LogP contribution in [-0.2, 0) is 16.9 Å². The van der Waals surface area contributed by atoms with Gasteiger partial charge in [0.2, 0.25) is 5.91 Å². The summed E-state index contributed by atoms with van der Waals surface area (Å²) in [5.74, 6) is -0.162. The van der Waals surface area contributed by atoms with Gasteiger partial charge in [-0.05, 0) is 36.3 Å². The minimum atomic E-state index is -0.315. The summed E-state index contributed by atoms with van der Waals surface area (Å²) in [6.07, 6.45) is 4.40. The summed E-state index contributed by atoms with van der Waals surface area (Å²) in [7, 11) is 0. The molecule has 1 fully saturated rings. The van der Waals surface area contributed by atoms with Crippen molar-refractivity contribution in [2.24, 2.45) is 0 Å². The monoisotopic (exact) mass is 421 g/mol. The van der Waals surface area contributed by atoms with E-state index in [-0.39, 0.29) is 23.6 Å². The number of hydrogen-bond donors (Lipinski definition) is 1. The van der Waals surface area contributed by atoms with Crippen molar-refractivity contribution in [1.29, 1.82) is 0 Å². The molecule has 3 heterocycles. The minimum Gasteiger partial charge on any atom is -0.345 e. The first-order valence-electron chi connectivity index (χ1n) is 9.53. The van der Waals surface area contributed by atoms with Gasteiger partial charge in [-0.2, -0.15) is 0 Å². The van der Waals surface area contributed by atoms with E-state index >= 15 is 0 Å². The van der Waals surface area contributed by atoms with Crippen LogP contribution in [0, 0.1) is 0 Å². The highest BCUT2D eigenvalue weighted by Gasteiger charge is 2.39. The summed E-state index contributed by atoms with van der Waals surface area (Å²) < 4.78 is 1.42. The van der Waals surface area contributed by atoms with E-state index in [9.17, 15) is 9.59 Å². The highest BCUT2D eigenvalue weighted by molar-refractivity contribution is 7.18. The number of nitrogens with one attached hydrogen (secondary N) is 1. The Hall–Kier alpha value is -2.77. The van der Waals surface area contributed by atoms with Gasteiger partial charge in [0.15, 0.2) is 0 Å². The average molecular weight is 422 g/mol. The molecule has 1 N–H and O–H groups in total. The van der Waals surface area contributed by atoms with Crippen LogP contribution in [-0.4, -0.2) is 15.5 Å². The Kier molecular flexibility index (Phi) is 4.56. The number of rotatable bonds is 5. The largest absolute Gasteiger partial charge is 0.345 e. The Bertz CT molecular complexity index is 1220. The number of fused-ring (bicyclic) bond motifs is 1. The van der Waals surface area contributed by atoms with Gasteiger partial charge in [0.25, 0.3) is 5.56 Å². The highest BCUT2D eigenvalue weighted by Crippen LogP contribution is 2.41. The fraction of sp³-hybridized carbons (Fsp3) is 0.227. The number of thiophene rings is 2. The molecule has 7 heteroatoms. The van der Waals surface area contributed by atoms with Crippen molar-refractivity contribution in [3.8, 4) is 10.4 Å². The van der Waals surface area contributed by atoms with Crippen molar-refractivity contribution >= 4 is 38.8 Å². The molecule has 5 nitrogen and oxygen atoms in total. The Balaban J connectivity index is 1.43. The molecule has 0 spiro atoms. The van der Waals surface area contributed by atoms with E-state index in [0.29, 0.717) is 10.2 Å². The number of amides is 1. The normalized spacial score (nSPS) is 15.2. The zero-order chi connectivity index (χ0) is 19.8. The molecule has 1 aliphatic carbocycles. The highest BCUT2D eigenvalue weighted by atomic mass is 32.1. The summed E-state index contributed by atoms with van der Waals surface area (Å²) in [5, 5.41) is 7.73. The molecule has 1 aromatic carbocycles. The molecule has 1 amide bonds. The molecule has 146 valence electrons. The molecule has 4 aromatic rings. The molecule has 0 radical (unpaired) electrons. The van der Waals surface area contributed by atoms with Crippen LogP contribution in [0.1, 0.15) is 24.8 Å². The number of nitrogens with zero attached hydrogens (tertiary/aromatic N) is 2. The standard InChI is InChI=1S/C22H19N3O2S2/c26-18(24-22(9-5-10-22)15-6-2-1-3-7-15)12-25-14-23-20-19(21(25)27)16(13-29-20)17-8-4-11-28-17/h1-4,6-8,11,13-14H,5,9-10,12H2,(H,24,26). The number of aromatic nitrogens is 2. The third-order valence-corrected chi connectivity index (χ3v) is 7.36. The van der Waals surface area contributed by atoms with Crippen molar-refractivity contribution in [2.45, 2.75) is 31.3 Å². The molecule has 5 rings (SSSR count). The third-order valence-electron chi connectivity index (χ3n) is 5.57. The van der Waals surface area contributed by atoms with Crippen LogP contribution in [0.2, 0.25) is 0 Å². The molecule has 3 aromatic heterocycles. The molecular formula is C22H19N3O2S2. The van der Waals surface area contributed by atoms with Crippen LogP contribution in [0.5, 0.6) is 0 Å². The quantitative estimate of drug-likeness (QED) is 0.520. The maximum absolute atomic E-state index is 13.1. The maximum Gasteiger partial charge on any atom is 0.263 e. The van der Waals surface area contributed by atoms with E-state index in [4.69, 9.17) is 0 Å². The van der Waals surface area contributed by atoms with Gasteiger partial charge in [0.05, 0.1) is 17.3 Å². The zero-order valence-corrected chi connectivity index (χ0v) is 17.3. The molecule has 0 bridgehead atoms. The summed E-state index contributed by atoms with van der Waals surface area (Å²) in [6.45, 7) is -0.0317. The van der Waals surface area contributed by atoms with Gasteiger partial charge >= 0.3 is 0 Å². The van der Waals surface area contributed by atoms with E-state index in [1.54, 1.807) is 11.3 Å². The molecule has 1 saturated carbocycles. The van der Waals surface area contributed by atoms with E-state index in [2.05, 4.69) is 22.4 Å². The van der Waals surface area contributed by atoms with Crippen LogP contribution in [0.3, 0.4) is 0 Å². The van der Waals surface area contributed by atoms with E-state index in [1.165, 1.54) is 22.2 Å². The number of hydrogen-bond acceptors (Lipinski definition) is 5. The third kappa shape index (κ3) is 3.20. The molecule has 0 atom stereocenters. The lowest BCUT2D eigenvalue weighted by atomic mass is 9.72.